The van der Waals surface area contributed by atoms with Crippen molar-refractivity contribution in [3.8, 4) is 0 Å². The number of amides is 2. The Hall–Kier alpha value is -3.54. The first-order valence-corrected chi connectivity index (χ1v) is 12.0. The molecule has 3 fully saturated rings. The summed E-state index contributed by atoms with van der Waals surface area (Å²) in [5.74, 6) is -0.940. The van der Waals surface area contributed by atoms with Gasteiger partial charge in [-0.2, -0.15) is 0 Å². The standard InChI is InChI=1S/C28H25NO5/c1-2-22(25(30)15-8-4-3-5-9-15)34-28(33)18-10-6-7-11-21(18)29-26(31)23-16-12-13-17(20-14-19(16)20)24(23)27(29)32/h3-13,16-17,19-20,22-24H,2,14H2,1H3/t16-,17-,19-,20+,22-,23+,24+/m0/s1. The Morgan fingerprint density at radius 3 is 2.12 bits per heavy atom. The minimum atomic E-state index is -0.956. The molecule has 2 amide bonds. The van der Waals surface area contributed by atoms with Crippen molar-refractivity contribution in [2.24, 2.45) is 35.5 Å². The second kappa shape index (κ2) is 7.76. The molecular formula is C28H25NO5. The zero-order chi connectivity index (χ0) is 23.6. The fraction of sp³-hybridized carbons (Fsp3) is 0.357. The third-order valence-corrected chi connectivity index (χ3v) is 8.00. The van der Waals surface area contributed by atoms with Crippen LogP contribution in [0.2, 0.25) is 0 Å². The fourth-order valence-corrected chi connectivity index (χ4v) is 6.34. The van der Waals surface area contributed by atoms with E-state index in [9.17, 15) is 19.2 Å². The highest BCUT2D eigenvalue weighted by atomic mass is 16.5. The van der Waals surface area contributed by atoms with E-state index in [-0.39, 0.29) is 52.5 Å². The van der Waals surface area contributed by atoms with E-state index in [2.05, 4.69) is 12.2 Å². The fourth-order valence-electron chi connectivity index (χ4n) is 6.34. The first-order chi connectivity index (χ1) is 16.5. The zero-order valence-corrected chi connectivity index (χ0v) is 18.8. The summed E-state index contributed by atoms with van der Waals surface area (Å²) >= 11 is 0. The van der Waals surface area contributed by atoms with Crippen molar-refractivity contribution in [3.05, 3.63) is 77.9 Å². The summed E-state index contributed by atoms with van der Waals surface area (Å²) < 4.78 is 5.62. The predicted octanol–water partition coefficient (Wildman–Crippen LogP) is 4.06. The maximum Gasteiger partial charge on any atom is 0.341 e. The van der Waals surface area contributed by atoms with Gasteiger partial charge in [-0.15, -0.1) is 0 Å². The van der Waals surface area contributed by atoms with Gasteiger partial charge in [0.05, 0.1) is 23.1 Å². The van der Waals surface area contributed by atoms with E-state index in [1.807, 2.05) is 6.07 Å². The molecule has 5 aliphatic rings. The third-order valence-electron chi connectivity index (χ3n) is 8.00. The van der Waals surface area contributed by atoms with Crippen LogP contribution in [0.25, 0.3) is 0 Å². The average molecular weight is 456 g/mol. The number of para-hydroxylation sites is 1. The molecule has 2 aromatic rings. The Morgan fingerprint density at radius 1 is 0.912 bits per heavy atom. The number of benzene rings is 2. The van der Waals surface area contributed by atoms with E-state index in [0.29, 0.717) is 23.8 Å². The van der Waals surface area contributed by atoms with Crippen molar-refractivity contribution in [2.45, 2.75) is 25.9 Å². The smallest absolute Gasteiger partial charge is 0.341 e. The number of hydrogen-bond acceptors (Lipinski definition) is 5. The number of hydrogen-bond donors (Lipinski definition) is 0. The van der Waals surface area contributed by atoms with Crippen LogP contribution in [0.15, 0.2) is 66.7 Å². The minimum Gasteiger partial charge on any atom is -0.450 e. The quantitative estimate of drug-likeness (QED) is 0.284. The van der Waals surface area contributed by atoms with Crippen molar-refractivity contribution in [1.29, 1.82) is 0 Å². The molecule has 0 spiro atoms. The lowest BCUT2D eigenvalue weighted by atomic mass is 9.63. The summed E-state index contributed by atoms with van der Waals surface area (Å²) in [6, 6.07) is 15.2. The number of ketones is 1. The van der Waals surface area contributed by atoms with E-state index < -0.39 is 12.1 Å². The minimum absolute atomic E-state index is 0.105. The Labute approximate surface area is 197 Å². The zero-order valence-electron chi connectivity index (χ0n) is 18.8. The van der Waals surface area contributed by atoms with E-state index in [1.165, 1.54) is 4.90 Å². The number of anilines is 1. The number of imide groups is 1. The molecule has 7 atom stereocenters. The highest BCUT2D eigenvalue weighted by Gasteiger charge is 2.67. The topological polar surface area (TPSA) is 80.8 Å². The lowest BCUT2D eigenvalue weighted by Crippen LogP contribution is -2.40. The molecule has 34 heavy (non-hydrogen) atoms. The number of nitrogens with zero attached hydrogens (tertiary/aromatic N) is 1. The highest BCUT2D eigenvalue weighted by Crippen LogP contribution is 2.65. The second-order valence-corrected chi connectivity index (χ2v) is 9.72. The monoisotopic (exact) mass is 455 g/mol. The number of allylic oxidation sites excluding steroid dienone is 2. The Balaban J connectivity index is 1.28. The normalized spacial score (nSPS) is 31.1. The third kappa shape index (κ3) is 3.01. The number of ether oxygens (including phenoxy) is 1. The van der Waals surface area contributed by atoms with E-state index in [1.54, 1.807) is 55.5 Å². The summed E-state index contributed by atoms with van der Waals surface area (Å²) in [5, 5.41) is 0. The van der Waals surface area contributed by atoms with E-state index >= 15 is 0 Å². The van der Waals surface area contributed by atoms with Gasteiger partial charge in [0.2, 0.25) is 17.6 Å². The lowest BCUT2D eigenvalue weighted by Gasteiger charge is -2.37. The van der Waals surface area contributed by atoms with Crippen molar-refractivity contribution in [1.82, 2.24) is 0 Å². The number of rotatable bonds is 6. The largest absolute Gasteiger partial charge is 0.450 e. The molecule has 0 unspecified atom stereocenters. The van der Waals surface area contributed by atoms with Crippen LogP contribution in [0.3, 0.4) is 0 Å². The van der Waals surface area contributed by atoms with Crippen LogP contribution in [0.1, 0.15) is 40.5 Å². The molecule has 2 bridgehead atoms. The van der Waals surface area contributed by atoms with Crippen LogP contribution in [-0.4, -0.2) is 29.7 Å². The molecule has 6 heteroatoms. The molecule has 1 heterocycles. The Bertz CT molecular complexity index is 1200. The van der Waals surface area contributed by atoms with Gasteiger partial charge in [0.25, 0.3) is 0 Å². The molecule has 6 nitrogen and oxygen atoms in total. The highest BCUT2D eigenvalue weighted by molar-refractivity contribution is 6.24. The second-order valence-electron chi connectivity index (χ2n) is 9.72. The number of esters is 1. The molecule has 1 saturated heterocycles. The van der Waals surface area contributed by atoms with Crippen LogP contribution in [0, 0.1) is 35.5 Å². The van der Waals surface area contributed by atoms with Crippen LogP contribution in [0.5, 0.6) is 0 Å². The molecule has 4 aliphatic carbocycles. The number of carbonyl (C=O) groups excluding carboxylic acids is 4. The SMILES string of the molecule is CC[C@H](OC(=O)c1ccccc1N1C(=O)[C@@H]2[C@H]3C=C[C@@H]([C@@H]4C[C@H]34)[C@H]2C1=O)C(=O)c1ccccc1. The van der Waals surface area contributed by atoms with Gasteiger partial charge in [0, 0.05) is 5.56 Å². The van der Waals surface area contributed by atoms with Gasteiger partial charge in [-0.25, -0.2) is 9.69 Å². The number of carbonyl (C=O) groups is 4. The molecule has 7 rings (SSSR count). The first kappa shape index (κ1) is 21.0. The number of Topliss-reactive ketones (excluding diaryl/α,β-unsaturated/α-hetero) is 1. The molecule has 0 radical (unpaired) electrons. The molecule has 0 aromatic heterocycles. The van der Waals surface area contributed by atoms with Crippen LogP contribution < -0.4 is 4.90 Å². The molecule has 2 saturated carbocycles. The van der Waals surface area contributed by atoms with Gasteiger partial charge < -0.3 is 4.74 Å². The molecule has 172 valence electrons. The van der Waals surface area contributed by atoms with Crippen LogP contribution in [-0.2, 0) is 14.3 Å². The van der Waals surface area contributed by atoms with Gasteiger partial charge in [-0.1, -0.05) is 61.5 Å². The van der Waals surface area contributed by atoms with Gasteiger partial charge in [0.1, 0.15) is 0 Å². The van der Waals surface area contributed by atoms with Crippen molar-refractivity contribution < 1.29 is 23.9 Å². The first-order valence-electron chi connectivity index (χ1n) is 12.0. The lowest BCUT2D eigenvalue weighted by molar-refractivity contribution is -0.124. The van der Waals surface area contributed by atoms with Crippen molar-refractivity contribution in [2.75, 3.05) is 4.90 Å². The molecule has 1 aliphatic heterocycles. The van der Waals surface area contributed by atoms with Gasteiger partial charge in [-0.05, 0) is 48.6 Å². The Kier molecular flexibility index (Phi) is 4.80. The summed E-state index contributed by atoms with van der Waals surface area (Å²) in [5.41, 5.74) is 0.825. The molecular weight excluding hydrogens is 430 g/mol. The van der Waals surface area contributed by atoms with Gasteiger partial charge >= 0.3 is 5.97 Å². The van der Waals surface area contributed by atoms with Gasteiger partial charge in [0.15, 0.2) is 6.10 Å². The van der Waals surface area contributed by atoms with Crippen LogP contribution >= 0.6 is 0 Å². The Morgan fingerprint density at radius 2 is 1.50 bits per heavy atom. The maximum absolute atomic E-state index is 13.5. The van der Waals surface area contributed by atoms with E-state index in [4.69, 9.17) is 4.74 Å². The van der Waals surface area contributed by atoms with E-state index in [0.717, 1.165) is 6.42 Å². The van der Waals surface area contributed by atoms with Crippen molar-refractivity contribution in [3.63, 3.8) is 0 Å². The summed E-state index contributed by atoms with van der Waals surface area (Å²) in [6.45, 7) is 1.77. The van der Waals surface area contributed by atoms with Crippen molar-refractivity contribution >= 4 is 29.3 Å². The summed E-state index contributed by atoms with van der Waals surface area (Å²) in [7, 11) is 0. The molecule has 0 N–H and O–H groups in total. The van der Waals surface area contributed by atoms with Crippen LogP contribution in [0.4, 0.5) is 5.69 Å². The summed E-state index contributed by atoms with van der Waals surface area (Å²) in [4.78, 5) is 54.3. The molecule has 2 aromatic carbocycles. The predicted molar refractivity (Wildman–Crippen MR) is 124 cm³/mol. The summed E-state index contributed by atoms with van der Waals surface area (Å²) in [6.07, 6.45) is 4.69. The maximum atomic E-state index is 13.5. The van der Waals surface area contributed by atoms with Gasteiger partial charge in [-0.3, -0.25) is 14.4 Å². The average Bonchev–Trinajstić information content (AvgIpc) is 3.65.